The molecule has 10 heteroatoms. The fourth-order valence-corrected chi connectivity index (χ4v) is 2.89. The van der Waals surface area contributed by atoms with Crippen LogP contribution in [0.2, 0.25) is 0 Å². The molecule has 0 aliphatic rings. The SMILES string of the molecule is CCc1nc2ncc(F)cc2n1-c1cncc(Nc2ccc(C(F)(F)F)cc2)n1. The highest BCUT2D eigenvalue weighted by Gasteiger charge is 2.29. The van der Waals surface area contributed by atoms with Crippen molar-refractivity contribution < 1.29 is 17.6 Å². The van der Waals surface area contributed by atoms with E-state index < -0.39 is 17.6 Å². The van der Waals surface area contributed by atoms with Gasteiger partial charge < -0.3 is 5.32 Å². The minimum absolute atomic E-state index is 0.315. The monoisotopic (exact) mass is 402 g/mol. The maximum Gasteiger partial charge on any atom is 0.416 e. The van der Waals surface area contributed by atoms with E-state index in [-0.39, 0.29) is 0 Å². The summed E-state index contributed by atoms with van der Waals surface area (Å²) in [6.45, 7) is 1.89. The maximum absolute atomic E-state index is 13.7. The van der Waals surface area contributed by atoms with E-state index in [9.17, 15) is 17.6 Å². The minimum Gasteiger partial charge on any atom is -0.339 e. The Morgan fingerprint density at radius 1 is 1.03 bits per heavy atom. The van der Waals surface area contributed by atoms with E-state index in [4.69, 9.17) is 0 Å². The van der Waals surface area contributed by atoms with Crippen LogP contribution >= 0.6 is 0 Å². The highest BCUT2D eigenvalue weighted by atomic mass is 19.4. The number of hydrogen-bond acceptors (Lipinski definition) is 5. The van der Waals surface area contributed by atoms with Crippen molar-refractivity contribution in [2.75, 3.05) is 5.32 Å². The standard InChI is InChI=1S/C19H14F4N6/c1-2-16-28-18-14(7-12(20)8-25-18)29(16)17-10-24-9-15(27-17)26-13-5-3-11(4-6-13)19(21,22)23/h3-10H,2H2,1H3,(H,26,27). The summed E-state index contributed by atoms with van der Waals surface area (Å²) in [6.07, 6.45) is 0.165. The van der Waals surface area contributed by atoms with Crippen LogP contribution in [0.4, 0.5) is 29.1 Å². The number of hydrogen-bond donors (Lipinski definition) is 1. The van der Waals surface area contributed by atoms with Gasteiger partial charge in [-0.15, -0.1) is 0 Å². The Morgan fingerprint density at radius 3 is 2.48 bits per heavy atom. The molecule has 0 bridgehead atoms. The topological polar surface area (TPSA) is 68.5 Å². The first-order chi connectivity index (χ1) is 13.8. The summed E-state index contributed by atoms with van der Waals surface area (Å²) in [6, 6.07) is 5.88. The molecule has 3 aromatic heterocycles. The molecule has 0 amide bonds. The highest BCUT2D eigenvalue weighted by molar-refractivity contribution is 5.74. The zero-order chi connectivity index (χ0) is 20.6. The minimum atomic E-state index is -4.40. The number of rotatable bonds is 4. The second-order valence-electron chi connectivity index (χ2n) is 6.18. The van der Waals surface area contributed by atoms with Crippen molar-refractivity contribution in [1.29, 1.82) is 0 Å². The van der Waals surface area contributed by atoms with Gasteiger partial charge in [0.05, 0.1) is 29.7 Å². The molecule has 1 aromatic carbocycles. The lowest BCUT2D eigenvalue weighted by Crippen LogP contribution is -2.06. The first-order valence-electron chi connectivity index (χ1n) is 8.64. The van der Waals surface area contributed by atoms with Gasteiger partial charge in [0.1, 0.15) is 11.6 Å². The van der Waals surface area contributed by atoms with E-state index in [0.717, 1.165) is 18.3 Å². The van der Waals surface area contributed by atoms with E-state index in [1.165, 1.54) is 30.6 Å². The molecule has 0 unspecified atom stereocenters. The molecule has 1 N–H and O–H groups in total. The lowest BCUT2D eigenvalue weighted by Gasteiger charge is -2.11. The number of nitrogens with zero attached hydrogens (tertiary/aromatic N) is 5. The third-order valence-electron chi connectivity index (χ3n) is 4.20. The van der Waals surface area contributed by atoms with Crippen molar-refractivity contribution >= 4 is 22.7 Å². The van der Waals surface area contributed by atoms with Crippen molar-refractivity contribution in [3.05, 3.63) is 66.1 Å². The Balaban J connectivity index is 1.70. The summed E-state index contributed by atoms with van der Waals surface area (Å²) < 4.78 is 53.4. The number of benzene rings is 1. The molecule has 4 rings (SSSR count). The lowest BCUT2D eigenvalue weighted by atomic mass is 10.2. The van der Waals surface area contributed by atoms with E-state index in [1.54, 1.807) is 4.57 Å². The van der Waals surface area contributed by atoms with Gasteiger partial charge in [-0.3, -0.25) is 9.55 Å². The summed E-state index contributed by atoms with van der Waals surface area (Å²) in [5, 5.41) is 2.92. The third-order valence-corrected chi connectivity index (χ3v) is 4.20. The number of alkyl halides is 3. The predicted octanol–water partition coefficient (Wildman–Crippen LogP) is 4.67. The summed E-state index contributed by atoms with van der Waals surface area (Å²) in [5.41, 5.74) is 0.507. The molecule has 0 aliphatic carbocycles. The molecule has 0 saturated carbocycles. The third kappa shape index (κ3) is 3.73. The van der Waals surface area contributed by atoms with Crippen LogP contribution in [0.1, 0.15) is 18.3 Å². The number of halogens is 4. The van der Waals surface area contributed by atoms with Gasteiger partial charge in [0.2, 0.25) is 0 Å². The molecule has 0 radical (unpaired) electrons. The summed E-state index contributed by atoms with van der Waals surface area (Å²) in [4.78, 5) is 17.0. The summed E-state index contributed by atoms with van der Waals surface area (Å²) in [7, 11) is 0. The van der Waals surface area contributed by atoms with Crippen LogP contribution in [0.3, 0.4) is 0 Å². The first kappa shape index (κ1) is 18.8. The first-order valence-corrected chi connectivity index (χ1v) is 8.64. The van der Waals surface area contributed by atoms with Gasteiger partial charge in [0.25, 0.3) is 0 Å². The van der Waals surface area contributed by atoms with Crippen LogP contribution in [0.25, 0.3) is 17.0 Å². The number of pyridine rings is 1. The zero-order valence-electron chi connectivity index (χ0n) is 15.1. The largest absolute Gasteiger partial charge is 0.416 e. The van der Waals surface area contributed by atoms with Crippen LogP contribution in [0, 0.1) is 5.82 Å². The molecule has 0 saturated heterocycles. The molecule has 0 spiro atoms. The summed E-state index contributed by atoms with van der Waals surface area (Å²) >= 11 is 0. The van der Waals surface area contributed by atoms with E-state index in [2.05, 4.69) is 25.3 Å². The quantitative estimate of drug-likeness (QED) is 0.502. The fraction of sp³-hybridized carbons (Fsp3) is 0.158. The predicted molar refractivity (Wildman–Crippen MR) is 98.5 cm³/mol. The Bertz CT molecular complexity index is 1170. The number of nitrogens with one attached hydrogen (secondary N) is 1. The van der Waals surface area contributed by atoms with Crippen molar-refractivity contribution in [3.8, 4) is 5.82 Å². The van der Waals surface area contributed by atoms with Crippen LogP contribution < -0.4 is 5.32 Å². The van der Waals surface area contributed by atoms with Gasteiger partial charge in [-0.1, -0.05) is 6.92 Å². The molecule has 0 atom stereocenters. The number of fused-ring (bicyclic) bond motifs is 1. The van der Waals surface area contributed by atoms with E-state index >= 15 is 0 Å². The number of imidazole rings is 1. The van der Waals surface area contributed by atoms with Gasteiger partial charge in [-0.2, -0.15) is 13.2 Å². The van der Waals surface area contributed by atoms with Gasteiger partial charge >= 0.3 is 6.18 Å². The van der Waals surface area contributed by atoms with Crippen molar-refractivity contribution in [1.82, 2.24) is 24.5 Å². The van der Waals surface area contributed by atoms with Crippen molar-refractivity contribution in [2.45, 2.75) is 19.5 Å². The molecule has 148 valence electrons. The molecule has 0 aliphatic heterocycles. The molecule has 6 nitrogen and oxygen atoms in total. The average molecular weight is 402 g/mol. The second-order valence-corrected chi connectivity index (χ2v) is 6.18. The van der Waals surface area contributed by atoms with Gasteiger partial charge in [-0.05, 0) is 24.3 Å². The molecular weight excluding hydrogens is 388 g/mol. The van der Waals surface area contributed by atoms with Gasteiger partial charge in [-0.25, -0.2) is 19.3 Å². The van der Waals surface area contributed by atoms with Gasteiger partial charge in [0.15, 0.2) is 17.3 Å². The second kappa shape index (κ2) is 7.12. The summed E-state index contributed by atoms with van der Waals surface area (Å²) in [5.74, 6) is 0.816. The van der Waals surface area contributed by atoms with E-state index in [1.807, 2.05) is 6.92 Å². The highest BCUT2D eigenvalue weighted by Crippen LogP contribution is 2.30. The van der Waals surface area contributed by atoms with Gasteiger partial charge in [0, 0.05) is 18.2 Å². The molecule has 29 heavy (non-hydrogen) atoms. The Hall–Kier alpha value is -3.56. The van der Waals surface area contributed by atoms with Crippen LogP contribution in [0.15, 0.2) is 48.9 Å². The number of anilines is 2. The fourth-order valence-electron chi connectivity index (χ4n) is 2.89. The molecular formula is C19H14F4N6. The average Bonchev–Trinajstić information content (AvgIpc) is 3.05. The van der Waals surface area contributed by atoms with Crippen LogP contribution in [0.5, 0.6) is 0 Å². The van der Waals surface area contributed by atoms with Crippen LogP contribution in [-0.4, -0.2) is 24.5 Å². The molecule has 3 heterocycles. The Morgan fingerprint density at radius 2 is 1.79 bits per heavy atom. The Labute approximate surface area is 162 Å². The molecule has 0 fully saturated rings. The zero-order valence-corrected chi connectivity index (χ0v) is 15.1. The molecule has 4 aromatic rings. The Kier molecular flexibility index (Phi) is 4.61. The smallest absolute Gasteiger partial charge is 0.339 e. The van der Waals surface area contributed by atoms with Crippen LogP contribution in [-0.2, 0) is 12.6 Å². The van der Waals surface area contributed by atoms with E-state index in [0.29, 0.717) is 40.7 Å². The van der Waals surface area contributed by atoms with Crippen molar-refractivity contribution in [2.24, 2.45) is 0 Å². The maximum atomic E-state index is 13.7. The van der Waals surface area contributed by atoms with Crippen molar-refractivity contribution in [3.63, 3.8) is 0 Å². The number of aromatic nitrogens is 5. The lowest BCUT2D eigenvalue weighted by molar-refractivity contribution is -0.137. The normalized spacial score (nSPS) is 11.8. The number of aryl methyl sites for hydroxylation is 1.